The number of ether oxygens (including phenoxy) is 1. The number of halogens is 1. The van der Waals surface area contributed by atoms with Crippen LogP contribution in [0.4, 0.5) is 11.5 Å². The number of anilines is 2. The quantitative estimate of drug-likeness (QED) is 0.754. The highest BCUT2D eigenvalue weighted by molar-refractivity contribution is 6.34. The van der Waals surface area contributed by atoms with Gasteiger partial charge in [0.05, 0.1) is 23.4 Å². The van der Waals surface area contributed by atoms with Gasteiger partial charge in [-0.05, 0) is 43.2 Å². The molecule has 2 aromatic rings. The lowest BCUT2D eigenvalue weighted by molar-refractivity contribution is 0.0600. The van der Waals surface area contributed by atoms with Gasteiger partial charge in [-0.2, -0.15) is 0 Å². The zero-order chi connectivity index (χ0) is 19.2. The zero-order valence-corrected chi connectivity index (χ0v) is 15.8. The summed E-state index contributed by atoms with van der Waals surface area (Å²) in [5.74, 6) is -0.320. The Balaban J connectivity index is 1.66. The van der Waals surface area contributed by atoms with E-state index >= 15 is 0 Å². The molecule has 1 amide bonds. The topological polar surface area (TPSA) is 93.2 Å². The predicted octanol–water partition coefficient (Wildman–Crippen LogP) is 3.91. The van der Waals surface area contributed by atoms with Crippen LogP contribution < -0.4 is 10.6 Å². The van der Waals surface area contributed by atoms with E-state index in [2.05, 4.69) is 25.6 Å². The molecule has 1 aromatic carbocycles. The van der Waals surface area contributed by atoms with Gasteiger partial charge in [-0.1, -0.05) is 30.9 Å². The zero-order valence-electron chi connectivity index (χ0n) is 15.0. The third-order valence-corrected chi connectivity index (χ3v) is 4.82. The van der Waals surface area contributed by atoms with Crippen molar-refractivity contribution in [3.8, 4) is 0 Å². The molecule has 1 saturated carbocycles. The maximum Gasteiger partial charge on any atom is 0.337 e. The molecule has 1 aromatic heterocycles. The van der Waals surface area contributed by atoms with Crippen molar-refractivity contribution in [1.29, 1.82) is 0 Å². The molecule has 1 heterocycles. The van der Waals surface area contributed by atoms with Crippen LogP contribution in [-0.2, 0) is 4.74 Å². The number of benzene rings is 1. The van der Waals surface area contributed by atoms with E-state index in [0.717, 1.165) is 12.8 Å². The summed E-state index contributed by atoms with van der Waals surface area (Å²) >= 11 is 6.10. The largest absolute Gasteiger partial charge is 0.465 e. The minimum absolute atomic E-state index is 0.156. The first-order chi connectivity index (χ1) is 13.1. The van der Waals surface area contributed by atoms with E-state index in [-0.39, 0.29) is 11.3 Å². The Kier molecular flexibility index (Phi) is 6.24. The summed E-state index contributed by atoms with van der Waals surface area (Å²) in [6.07, 6.45) is 5.97. The molecule has 0 bridgehead atoms. The monoisotopic (exact) mass is 388 g/mol. The number of aromatic nitrogens is 2. The van der Waals surface area contributed by atoms with Crippen LogP contribution in [-0.4, -0.2) is 35.2 Å². The minimum atomic E-state index is -0.514. The van der Waals surface area contributed by atoms with Gasteiger partial charge in [-0.15, -0.1) is 10.2 Å². The molecule has 7 nitrogen and oxygen atoms in total. The first kappa shape index (κ1) is 19.1. The summed E-state index contributed by atoms with van der Waals surface area (Å²) in [7, 11) is 1.29. The summed E-state index contributed by atoms with van der Waals surface area (Å²) in [5, 5.41) is 14.4. The molecular weight excluding hydrogens is 368 g/mol. The van der Waals surface area contributed by atoms with Crippen molar-refractivity contribution in [3.05, 3.63) is 46.6 Å². The van der Waals surface area contributed by atoms with E-state index in [1.165, 1.54) is 44.6 Å². The standard InChI is InChI=1S/C19H21ClN4O3/c1-27-19(26)12-7-8-14(20)16(11-12)22-18(25)15-9-10-17(24-23-15)21-13-5-3-2-4-6-13/h7-11,13H,2-6H2,1H3,(H,21,24)(H,22,25). The van der Waals surface area contributed by atoms with E-state index in [9.17, 15) is 9.59 Å². The van der Waals surface area contributed by atoms with Crippen LogP contribution in [0.2, 0.25) is 5.02 Å². The van der Waals surface area contributed by atoms with Crippen molar-refractivity contribution in [2.24, 2.45) is 0 Å². The number of nitrogens with one attached hydrogen (secondary N) is 2. The number of amides is 1. The molecule has 0 saturated heterocycles. The van der Waals surface area contributed by atoms with Gasteiger partial charge < -0.3 is 15.4 Å². The van der Waals surface area contributed by atoms with Crippen molar-refractivity contribution in [3.63, 3.8) is 0 Å². The summed E-state index contributed by atoms with van der Waals surface area (Å²) in [4.78, 5) is 24.0. The van der Waals surface area contributed by atoms with Gasteiger partial charge in [-0.25, -0.2) is 4.79 Å². The van der Waals surface area contributed by atoms with Crippen LogP contribution >= 0.6 is 11.6 Å². The molecule has 142 valence electrons. The molecule has 1 aliphatic rings. The fraction of sp³-hybridized carbons (Fsp3) is 0.368. The number of carbonyl (C=O) groups is 2. The Hall–Kier alpha value is -2.67. The lowest BCUT2D eigenvalue weighted by Gasteiger charge is -2.22. The van der Waals surface area contributed by atoms with Gasteiger partial charge in [0.25, 0.3) is 5.91 Å². The Morgan fingerprint density at radius 3 is 2.56 bits per heavy atom. The van der Waals surface area contributed by atoms with Crippen LogP contribution in [0.5, 0.6) is 0 Å². The third-order valence-electron chi connectivity index (χ3n) is 4.49. The van der Waals surface area contributed by atoms with E-state index in [4.69, 9.17) is 11.6 Å². The molecule has 1 fully saturated rings. The summed E-state index contributed by atoms with van der Waals surface area (Å²) in [5.41, 5.74) is 0.745. The molecule has 2 N–H and O–H groups in total. The Bertz CT molecular complexity index is 820. The highest BCUT2D eigenvalue weighted by Gasteiger charge is 2.16. The van der Waals surface area contributed by atoms with E-state index in [1.807, 2.05) is 0 Å². The summed E-state index contributed by atoms with van der Waals surface area (Å²) < 4.78 is 4.67. The minimum Gasteiger partial charge on any atom is -0.465 e. The maximum absolute atomic E-state index is 12.4. The maximum atomic E-state index is 12.4. The number of hydrogen-bond donors (Lipinski definition) is 2. The molecule has 0 atom stereocenters. The Morgan fingerprint density at radius 1 is 1.11 bits per heavy atom. The van der Waals surface area contributed by atoms with Crippen molar-refractivity contribution in [2.45, 2.75) is 38.1 Å². The normalized spacial score (nSPS) is 14.4. The number of rotatable bonds is 5. The van der Waals surface area contributed by atoms with Crippen molar-refractivity contribution in [2.75, 3.05) is 17.7 Å². The van der Waals surface area contributed by atoms with Gasteiger partial charge in [0, 0.05) is 6.04 Å². The number of nitrogens with zero attached hydrogens (tertiary/aromatic N) is 2. The number of methoxy groups -OCH3 is 1. The molecule has 0 unspecified atom stereocenters. The number of esters is 1. The predicted molar refractivity (Wildman–Crippen MR) is 103 cm³/mol. The Labute approximate surface area is 162 Å². The van der Waals surface area contributed by atoms with Crippen molar-refractivity contribution in [1.82, 2.24) is 10.2 Å². The van der Waals surface area contributed by atoms with Gasteiger partial charge in [0.1, 0.15) is 5.82 Å². The van der Waals surface area contributed by atoms with E-state index < -0.39 is 11.9 Å². The molecule has 0 radical (unpaired) electrons. The van der Waals surface area contributed by atoms with E-state index in [1.54, 1.807) is 12.1 Å². The lowest BCUT2D eigenvalue weighted by atomic mass is 9.95. The smallest absolute Gasteiger partial charge is 0.337 e. The van der Waals surface area contributed by atoms with Gasteiger partial charge in [0.15, 0.2) is 5.69 Å². The second-order valence-corrected chi connectivity index (χ2v) is 6.83. The van der Waals surface area contributed by atoms with Crippen LogP contribution in [0, 0.1) is 0 Å². The molecule has 3 rings (SSSR count). The highest BCUT2D eigenvalue weighted by atomic mass is 35.5. The molecule has 1 aliphatic carbocycles. The molecular formula is C19H21ClN4O3. The second kappa shape index (κ2) is 8.81. The molecule has 0 spiro atoms. The van der Waals surface area contributed by atoms with Gasteiger partial charge in [0.2, 0.25) is 0 Å². The number of hydrogen-bond acceptors (Lipinski definition) is 6. The highest BCUT2D eigenvalue weighted by Crippen LogP contribution is 2.24. The van der Waals surface area contributed by atoms with Crippen LogP contribution in [0.1, 0.15) is 53.0 Å². The molecule has 0 aliphatic heterocycles. The fourth-order valence-electron chi connectivity index (χ4n) is 3.04. The van der Waals surface area contributed by atoms with Gasteiger partial charge in [-0.3, -0.25) is 4.79 Å². The molecule has 8 heteroatoms. The lowest BCUT2D eigenvalue weighted by Crippen LogP contribution is -2.23. The first-order valence-corrected chi connectivity index (χ1v) is 9.24. The fourth-order valence-corrected chi connectivity index (χ4v) is 3.20. The van der Waals surface area contributed by atoms with Crippen molar-refractivity contribution < 1.29 is 14.3 Å². The molecule has 27 heavy (non-hydrogen) atoms. The Morgan fingerprint density at radius 2 is 1.89 bits per heavy atom. The summed E-state index contributed by atoms with van der Waals surface area (Å²) in [6.45, 7) is 0. The van der Waals surface area contributed by atoms with Crippen molar-refractivity contribution >= 4 is 35.0 Å². The van der Waals surface area contributed by atoms with Gasteiger partial charge >= 0.3 is 5.97 Å². The second-order valence-electron chi connectivity index (χ2n) is 6.42. The first-order valence-electron chi connectivity index (χ1n) is 8.86. The average Bonchev–Trinajstić information content (AvgIpc) is 2.70. The van der Waals surface area contributed by atoms with Crippen LogP contribution in [0.3, 0.4) is 0 Å². The van der Waals surface area contributed by atoms with E-state index in [0.29, 0.717) is 22.6 Å². The third kappa shape index (κ3) is 4.95. The SMILES string of the molecule is COC(=O)c1ccc(Cl)c(NC(=O)c2ccc(NC3CCCCC3)nn2)c1. The van der Waals surface area contributed by atoms with Crippen LogP contribution in [0.25, 0.3) is 0 Å². The summed E-state index contributed by atoms with van der Waals surface area (Å²) in [6, 6.07) is 8.25. The van der Waals surface area contributed by atoms with Crippen LogP contribution in [0.15, 0.2) is 30.3 Å². The average molecular weight is 389 g/mol. The number of carbonyl (C=O) groups excluding carboxylic acids is 2.